The van der Waals surface area contributed by atoms with Gasteiger partial charge in [-0.25, -0.2) is 4.98 Å². The second-order valence-corrected chi connectivity index (χ2v) is 16.6. The van der Waals surface area contributed by atoms with Gasteiger partial charge in [-0.2, -0.15) is 0 Å². The fraction of sp³-hybridized carbons (Fsp3) is 0.424. The maximum absolute atomic E-state index is 5.15. The van der Waals surface area contributed by atoms with Gasteiger partial charge in [0.2, 0.25) is 0 Å². The van der Waals surface area contributed by atoms with Crippen LogP contribution in [0.1, 0.15) is 127 Å². The molecular formula is C33H43Br2FeN3. The van der Waals surface area contributed by atoms with E-state index in [4.69, 9.17) is 15.0 Å². The van der Waals surface area contributed by atoms with Gasteiger partial charge in [-0.1, -0.05) is 97.9 Å². The van der Waals surface area contributed by atoms with Gasteiger partial charge in [-0.15, -0.1) is 0 Å². The molecule has 0 saturated carbocycles. The van der Waals surface area contributed by atoms with Crippen molar-refractivity contribution in [3.8, 4) is 0 Å². The van der Waals surface area contributed by atoms with E-state index in [1.165, 1.54) is 22.3 Å². The number of rotatable bonds is 8. The Hall–Kier alpha value is -1.59. The van der Waals surface area contributed by atoms with E-state index < -0.39 is 0 Å². The van der Waals surface area contributed by atoms with Crippen LogP contribution < -0.4 is 0 Å². The van der Waals surface area contributed by atoms with Crippen molar-refractivity contribution in [3.05, 3.63) is 88.2 Å². The third-order valence-corrected chi connectivity index (χ3v) is 6.73. The van der Waals surface area contributed by atoms with Gasteiger partial charge in [0.1, 0.15) is 0 Å². The molecule has 1 aromatic heterocycles. The number of aliphatic imine (C=N–C) groups is 2. The van der Waals surface area contributed by atoms with E-state index in [9.17, 15) is 0 Å². The number of nitrogens with zero attached hydrogens (tertiary/aromatic N) is 3. The topological polar surface area (TPSA) is 37.6 Å². The van der Waals surface area contributed by atoms with Crippen LogP contribution in [0.4, 0.5) is 11.4 Å². The number of hydrogen-bond acceptors (Lipinski definition) is 3. The molecule has 3 rings (SSSR count). The molecule has 1 heterocycles. The Labute approximate surface area is 257 Å². The van der Waals surface area contributed by atoms with Crippen LogP contribution in [0.5, 0.6) is 0 Å². The molecule has 212 valence electrons. The monoisotopic (exact) mass is 695 g/mol. The van der Waals surface area contributed by atoms with E-state index in [-0.39, 0.29) is 0 Å². The first-order chi connectivity index (χ1) is 18.4. The molecule has 0 aliphatic carbocycles. The van der Waals surface area contributed by atoms with Gasteiger partial charge in [0, 0.05) is 0 Å². The number of pyridine rings is 1. The first-order valence-corrected chi connectivity index (χ1v) is 19.1. The van der Waals surface area contributed by atoms with Crippen molar-refractivity contribution in [2.24, 2.45) is 9.98 Å². The predicted molar refractivity (Wildman–Crippen MR) is 175 cm³/mol. The minimum atomic E-state index is 0.403. The van der Waals surface area contributed by atoms with Gasteiger partial charge in [0.15, 0.2) is 0 Å². The fourth-order valence-electron chi connectivity index (χ4n) is 4.57. The summed E-state index contributed by atoms with van der Waals surface area (Å²) in [6.45, 7) is 22.0. The van der Waals surface area contributed by atoms with E-state index >= 15 is 0 Å². The first kappa shape index (κ1) is 33.6. The molecular weight excluding hydrogens is 654 g/mol. The Morgan fingerprint density at radius 3 is 1.08 bits per heavy atom. The third-order valence-electron chi connectivity index (χ3n) is 6.73. The molecule has 0 unspecified atom stereocenters. The summed E-state index contributed by atoms with van der Waals surface area (Å²) in [5.41, 5.74) is 10.9. The van der Waals surface area contributed by atoms with Crippen LogP contribution in [0.3, 0.4) is 0 Å². The van der Waals surface area contributed by atoms with Gasteiger partial charge in [-0.3, -0.25) is 9.98 Å². The van der Waals surface area contributed by atoms with Gasteiger partial charge in [0.25, 0.3) is 0 Å². The van der Waals surface area contributed by atoms with Crippen molar-refractivity contribution < 1.29 is 11.3 Å². The fourth-order valence-corrected chi connectivity index (χ4v) is 4.57. The van der Waals surface area contributed by atoms with Crippen molar-refractivity contribution in [2.45, 2.75) is 92.9 Å². The molecule has 0 saturated heterocycles. The second kappa shape index (κ2) is 16.0. The molecule has 0 N–H and O–H groups in total. The average molecular weight is 697 g/mol. The summed E-state index contributed by atoms with van der Waals surface area (Å²) < 4.78 is 0. The molecule has 2 aromatic carbocycles. The summed E-state index contributed by atoms with van der Waals surface area (Å²) in [6.07, 6.45) is 0. The Balaban J connectivity index is 0.00000170. The van der Waals surface area contributed by atoms with E-state index in [2.05, 4.69) is 140 Å². The number of hydrogen-bond donors (Lipinski definition) is 0. The van der Waals surface area contributed by atoms with Crippen molar-refractivity contribution in [1.29, 1.82) is 0 Å². The molecule has 39 heavy (non-hydrogen) atoms. The van der Waals surface area contributed by atoms with Crippen LogP contribution >= 0.6 is 28.2 Å². The molecule has 6 heteroatoms. The Morgan fingerprint density at radius 1 is 0.564 bits per heavy atom. The number of aromatic nitrogens is 1. The number of halogens is 2. The van der Waals surface area contributed by atoms with Crippen LogP contribution in [0.15, 0.2) is 64.6 Å². The Bertz CT molecular complexity index is 1150. The summed E-state index contributed by atoms with van der Waals surface area (Å²) in [6, 6.07) is 19.2. The van der Waals surface area contributed by atoms with Crippen molar-refractivity contribution in [2.75, 3.05) is 0 Å². The molecule has 3 aromatic rings. The molecule has 0 aliphatic rings. The first-order valence-electron chi connectivity index (χ1n) is 13.6. The van der Waals surface area contributed by atoms with Crippen molar-refractivity contribution in [3.63, 3.8) is 0 Å². The molecule has 0 radical (unpaired) electrons. The summed E-state index contributed by atoms with van der Waals surface area (Å²) in [5.74, 6) is 1.61. The van der Waals surface area contributed by atoms with Gasteiger partial charge in [0.05, 0.1) is 34.2 Å². The zero-order valence-electron chi connectivity index (χ0n) is 25.0. The predicted octanol–water partition coefficient (Wildman–Crippen LogP) is 11.5. The van der Waals surface area contributed by atoms with Crippen LogP contribution in [0.25, 0.3) is 0 Å². The molecule has 0 atom stereocenters. The number of benzene rings is 2. The Morgan fingerprint density at radius 2 is 0.821 bits per heavy atom. The van der Waals surface area contributed by atoms with Gasteiger partial charge >= 0.3 is 39.6 Å². The van der Waals surface area contributed by atoms with Crippen LogP contribution in [-0.4, -0.2) is 16.4 Å². The second-order valence-electron chi connectivity index (χ2n) is 11.0. The standard InChI is InChI=1S/C33H43N3.2BrH.Fe/c1-20(2)26-14-11-15-27(21(3)4)32(26)34-24(9)30-18-13-19-31(36-30)25(10)35-33-28(22(5)6)16-12-17-29(33)23(7)8;;;/h11-23H,1-10H3;2*1H;/q;;;+2/p-2. The molecule has 0 aliphatic heterocycles. The number of para-hydroxylation sites is 2. The Kier molecular flexibility index (Phi) is 13.8. The zero-order valence-corrected chi connectivity index (χ0v) is 29.2. The summed E-state index contributed by atoms with van der Waals surface area (Å²) in [7, 11) is 0. The molecule has 3 nitrogen and oxygen atoms in total. The zero-order chi connectivity index (χ0) is 29.3. The summed E-state index contributed by atoms with van der Waals surface area (Å²) >= 11 is 7.00. The normalized spacial score (nSPS) is 12.5. The van der Waals surface area contributed by atoms with E-state index in [0.29, 0.717) is 23.7 Å². The molecule has 0 fully saturated rings. The SMILES string of the molecule is CC(=Nc1c(C(C)C)cccc1C(C)C)c1cccc(C(C)=Nc2c(C(C)C)cccc2C(C)C)n1.[Br][Fe][Br]. The molecule has 0 spiro atoms. The van der Waals surface area contributed by atoms with Gasteiger partial charge < -0.3 is 0 Å². The van der Waals surface area contributed by atoms with Crippen LogP contribution in [0, 0.1) is 0 Å². The van der Waals surface area contributed by atoms with Crippen molar-refractivity contribution >= 4 is 51.0 Å². The van der Waals surface area contributed by atoms with E-state index in [1.807, 2.05) is 12.1 Å². The van der Waals surface area contributed by atoms with Crippen molar-refractivity contribution in [1.82, 2.24) is 4.98 Å². The van der Waals surface area contributed by atoms with E-state index in [1.54, 1.807) is 0 Å². The summed E-state index contributed by atoms with van der Waals surface area (Å²) in [5, 5.41) is 0. The molecule has 0 amide bonds. The third kappa shape index (κ3) is 9.21. The quantitative estimate of drug-likeness (QED) is 0.171. The molecule has 0 bridgehead atoms. The van der Waals surface area contributed by atoms with Crippen LogP contribution in [-0.2, 0) is 11.3 Å². The van der Waals surface area contributed by atoms with E-state index in [0.717, 1.165) is 45.5 Å². The van der Waals surface area contributed by atoms with Crippen LogP contribution in [0.2, 0.25) is 0 Å². The maximum atomic E-state index is 5.15. The average Bonchev–Trinajstić information content (AvgIpc) is 2.88. The summed E-state index contributed by atoms with van der Waals surface area (Å²) in [4.78, 5) is 15.3. The minimum absolute atomic E-state index is 0.403. The van der Waals surface area contributed by atoms with Gasteiger partial charge in [-0.05, 0) is 71.9 Å².